The molecule has 31 heavy (non-hydrogen) atoms. The zero-order chi connectivity index (χ0) is 22.4. The molecular formula is C23H20N2O6. The topological polar surface area (TPSA) is 119 Å². The minimum Gasteiger partial charge on any atom is -0.453 e. The highest BCUT2D eigenvalue weighted by Crippen LogP contribution is 2.31. The normalized spacial score (nSPS) is 10.9. The number of aryl methyl sites for hydroxylation is 1. The predicted octanol–water partition coefficient (Wildman–Crippen LogP) is 3.32. The van der Waals surface area contributed by atoms with Crippen molar-refractivity contribution in [2.75, 3.05) is 11.9 Å². The van der Waals surface area contributed by atoms with Crippen LogP contribution in [0.2, 0.25) is 0 Å². The van der Waals surface area contributed by atoms with Gasteiger partial charge in [0, 0.05) is 17.3 Å². The van der Waals surface area contributed by atoms with Gasteiger partial charge in [0.15, 0.2) is 6.61 Å². The summed E-state index contributed by atoms with van der Waals surface area (Å²) in [6.45, 7) is 0.905. The number of nitrogens with one attached hydrogen (secondary N) is 1. The summed E-state index contributed by atoms with van der Waals surface area (Å²) in [5.74, 6) is -1.72. The predicted molar refractivity (Wildman–Crippen MR) is 113 cm³/mol. The first-order valence-corrected chi connectivity index (χ1v) is 9.38. The number of carbonyl (C=O) groups excluding carboxylic acids is 2. The highest BCUT2D eigenvalue weighted by Gasteiger charge is 2.41. The third-order valence-electron chi connectivity index (χ3n) is 4.70. The number of amides is 1. The largest absolute Gasteiger partial charge is 0.453 e. The standard InChI is InChI=1S/C23H20N2O6/c1-16-12-13-19(14-20(16)25(29)30)24-21(26)15-31-22(27)23(28,17-8-4-2-5-9-17)18-10-6-3-7-11-18/h2-14,28H,15H2,1H3,(H,24,26). The minimum atomic E-state index is -2.11. The van der Waals surface area contributed by atoms with Crippen LogP contribution in [0.15, 0.2) is 78.9 Å². The minimum absolute atomic E-state index is 0.141. The zero-order valence-corrected chi connectivity index (χ0v) is 16.6. The number of anilines is 1. The quantitative estimate of drug-likeness (QED) is 0.344. The van der Waals surface area contributed by atoms with E-state index in [1.165, 1.54) is 18.2 Å². The van der Waals surface area contributed by atoms with Crippen LogP contribution >= 0.6 is 0 Å². The smallest absolute Gasteiger partial charge is 0.348 e. The van der Waals surface area contributed by atoms with Crippen molar-refractivity contribution in [1.82, 2.24) is 0 Å². The monoisotopic (exact) mass is 420 g/mol. The lowest BCUT2D eigenvalue weighted by atomic mass is 9.86. The van der Waals surface area contributed by atoms with Crippen LogP contribution in [-0.4, -0.2) is 28.5 Å². The fourth-order valence-corrected chi connectivity index (χ4v) is 3.08. The molecule has 1 amide bonds. The first-order chi connectivity index (χ1) is 14.8. The van der Waals surface area contributed by atoms with Crippen molar-refractivity contribution in [2.24, 2.45) is 0 Å². The third-order valence-corrected chi connectivity index (χ3v) is 4.70. The summed E-state index contributed by atoms with van der Waals surface area (Å²) in [7, 11) is 0. The first kappa shape index (κ1) is 21.7. The van der Waals surface area contributed by atoms with Crippen molar-refractivity contribution in [2.45, 2.75) is 12.5 Å². The average Bonchev–Trinajstić information content (AvgIpc) is 2.79. The number of carbonyl (C=O) groups is 2. The summed E-state index contributed by atoms with van der Waals surface area (Å²) in [4.78, 5) is 35.6. The van der Waals surface area contributed by atoms with Crippen molar-refractivity contribution in [3.8, 4) is 0 Å². The molecule has 0 fully saturated rings. The molecule has 2 N–H and O–H groups in total. The molecule has 0 radical (unpaired) electrons. The fraction of sp³-hybridized carbons (Fsp3) is 0.130. The van der Waals surface area contributed by atoms with Crippen LogP contribution in [0.5, 0.6) is 0 Å². The first-order valence-electron chi connectivity index (χ1n) is 9.38. The Morgan fingerprint density at radius 3 is 2.06 bits per heavy atom. The molecule has 0 aliphatic heterocycles. The Kier molecular flexibility index (Phi) is 6.42. The fourth-order valence-electron chi connectivity index (χ4n) is 3.08. The van der Waals surface area contributed by atoms with Gasteiger partial charge in [-0.15, -0.1) is 0 Å². The van der Waals surface area contributed by atoms with Gasteiger partial charge in [0.2, 0.25) is 5.60 Å². The summed E-state index contributed by atoms with van der Waals surface area (Å²) >= 11 is 0. The van der Waals surface area contributed by atoms with Gasteiger partial charge in [0.1, 0.15) is 0 Å². The molecule has 3 aromatic carbocycles. The van der Waals surface area contributed by atoms with E-state index in [0.29, 0.717) is 16.7 Å². The Balaban J connectivity index is 1.75. The van der Waals surface area contributed by atoms with Gasteiger partial charge in [-0.3, -0.25) is 14.9 Å². The van der Waals surface area contributed by atoms with E-state index in [4.69, 9.17) is 4.74 Å². The van der Waals surface area contributed by atoms with Gasteiger partial charge in [-0.25, -0.2) is 4.79 Å². The van der Waals surface area contributed by atoms with Gasteiger partial charge in [0.05, 0.1) is 4.92 Å². The molecule has 8 heteroatoms. The molecule has 0 saturated carbocycles. The van der Waals surface area contributed by atoms with Crippen LogP contribution < -0.4 is 5.32 Å². The van der Waals surface area contributed by atoms with Crippen LogP contribution in [0, 0.1) is 17.0 Å². The van der Waals surface area contributed by atoms with Crippen molar-refractivity contribution in [3.05, 3.63) is 106 Å². The Morgan fingerprint density at radius 1 is 1.00 bits per heavy atom. The molecule has 0 aliphatic carbocycles. The van der Waals surface area contributed by atoms with Crippen molar-refractivity contribution in [1.29, 1.82) is 0 Å². The number of rotatable bonds is 7. The van der Waals surface area contributed by atoms with Gasteiger partial charge in [0.25, 0.3) is 11.6 Å². The molecule has 0 saturated heterocycles. The summed E-state index contributed by atoms with van der Waals surface area (Å²) in [6, 6.07) is 20.7. The van der Waals surface area contributed by atoms with Crippen LogP contribution in [0.25, 0.3) is 0 Å². The van der Waals surface area contributed by atoms with Gasteiger partial charge in [-0.05, 0) is 24.1 Å². The van der Waals surface area contributed by atoms with E-state index < -0.39 is 29.0 Å². The average molecular weight is 420 g/mol. The molecule has 3 aromatic rings. The van der Waals surface area contributed by atoms with E-state index in [9.17, 15) is 24.8 Å². The summed E-state index contributed by atoms with van der Waals surface area (Å²) in [5, 5.41) is 24.8. The second-order valence-corrected chi connectivity index (χ2v) is 6.83. The van der Waals surface area contributed by atoms with E-state index in [1.54, 1.807) is 67.6 Å². The zero-order valence-electron chi connectivity index (χ0n) is 16.6. The maximum absolute atomic E-state index is 12.9. The van der Waals surface area contributed by atoms with Gasteiger partial charge in [-0.1, -0.05) is 66.7 Å². The Labute approximate surface area is 178 Å². The molecule has 3 rings (SSSR count). The molecule has 0 unspecified atom stereocenters. The lowest BCUT2D eigenvalue weighted by molar-refractivity contribution is -0.385. The molecule has 158 valence electrons. The summed E-state index contributed by atoms with van der Waals surface area (Å²) in [5.41, 5.74) is -1.02. The second kappa shape index (κ2) is 9.19. The molecular weight excluding hydrogens is 400 g/mol. The Bertz CT molecular complexity index is 1060. The molecule has 0 aromatic heterocycles. The highest BCUT2D eigenvalue weighted by atomic mass is 16.6. The van der Waals surface area contributed by atoms with Crippen LogP contribution in [0.4, 0.5) is 11.4 Å². The third kappa shape index (κ3) is 4.76. The van der Waals surface area contributed by atoms with Crippen molar-refractivity contribution < 1.29 is 24.4 Å². The number of aliphatic hydroxyl groups is 1. The van der Waals surface area contributed by atoms with Gasteiger partial charge < -0.3 is 15.2 Å². The number of esters is 1. The lowest BCUT2D eigenvalue weighted by Crippen LogP contribution is -2.39. The number of nitro benzene ring substituents is 1. The Hall–Kier alpha value is -4.04. The molecule has 0 spiro atoms. The lowest BCUT2D eigenvalue weighted by Gasteiger charge is -2.26. The number of ether oxygens (including phenoxy) is 1. The number of benzene rings is 3. The number of nitro groups is 1. The molecule has 0 aliphatic rings. The summed E-state index contributed by atoms with van der Waals surface area (Å²) in [6.07, 6.45) is 0. The van der Waals surface area contributed by atoms with Crippen molar-refractivity contribution >= 4 is 23.3 Å². The second-order valence-electron chi connectivity index (χ2n) is 6.83. The van der Waals surface area contributed by atoms with E-state index in [2.05, 4.69) is 5.32 Å². The van der Waals surface area contributed by atoms with Crippen molar-refractivity contribution in [3.63, 3.8) is 0 Å². The van der Waals surface area contributed by atoms with Crippen LogP contribution in [-0.2, 0) is 19.9 Å². The van der Waals surface area contributed by atoms with E-state index >= 15 is 0 Å². The highest BCUT2D eigenvalue weighted by molar-refractivity contribution is 5.94. The van der Waals surface area contributed by atoms with E-state index in [-0.39, 0.29) is 11.4 Å². The maximum atomic E-state index is 12.9. The molecule has 0 bridgehead atoms. The molecule has 8 nitrogen and oxygen atoms in total. The SMILES string of the molecule is Cc1ccc(NC(=O)COC(=O)C(O)(c2ccccc2)c2ccccc2)cc1[N+](=O)[O-]. The number of hydrogen-bond acceptors (Lipinski definition) is 6. The molecule has 0 atom stereocenters. The van der Waals surface area contributed by atoms with E-state index in [0.717, 1.165) is 0 Å². The van der Waals surface area contributed by atoms with E-state index in [1.807, 2.05) is 0 Å². The van der Waals surface area contributed by atoms with Gasteiger partial charge >= 0.3 is 5.97 Å². The number of hydrogen-bond donors (Lipinski definition) is 2. The number of nitrogens with zero attached hydrogens (tertiary/aromatic N) is 1. The van der Waals surface area contributed by atoms with Crippen LogP contribution in [0.3, 0.4) is 0 Å². The maximum Gasteiger partial charge on any atom is 0.348 e. The van der Waals surface area contributed by atoms with Gasteiger partial charge in [-0.2, -0.15) is 0 Å². The summed E-state index contributed by atoms with van der Waals surface area (Å²) < 4.78 is 5.12. The van der Waals surface area contributed by atoms with Crippen LogP contribution in [0.1, 0.15) is 16.7 Å². The molecule has 0 heterocycles. The Morgan fingerprint density at radius 2 is 1.55 bits per heavy atom.